The summed E-state index contributed by atoms with van der Waals surface area (Å²) in [4.78, 5) is 14.4. The standard InChI is InChI=1S/C20H22F3NO3/c1-26-12-4-11-24(14-15-7-9-18(27-2)10-8-15)19(25)16-5-3-6-17(13-16)20(21,22)23/h3,5-10,13H,4,11-12,14H2,1-2H3. The molecule has 0 aliphatic rings. The van der Waals surface area contributed by atoms with Crippen LogP contribution in [-0.2, 0) is 17.5 Å². The maximum atomic E-state index is 12.9. The molecule has 146 valence electrons. The van der Waals surface area contributed by atoms with Crippen LogP contribution < -0.4 is 4.74 Å². The number of benzene rings is 2. The Hall–Kier alpha value is -2.54. The topological polar surface area (TPSA) is 38.8 Å². The first-order chi connectivity index (χ1) is 12.8. The van der Waals surface area contributed by atoms with Gasteiger partial charge in [0.05, 0.1) is 12.7 Å². The van der Waals surface area contributed by atoms with Crippen molar-refractivity contribution in [2.75, 3.05) is 27.4 Å². The molecule has 0 aliphatic carbocycles. The lowest BCUT2D eigenvalue weighted by atomic mass is 10.1. The van der Waals surface area contributed by atoms with E-state index in [1.807, 2.05) is 12.1 Å². The van der Waals surface area contributed by atoms with Crippen LogP contribution in [0.4, 0.5) is 13.2 Å². The van der Waals surface area contributed by atoms with Crippen LogP contribution in [0.1, 0.15) is 27.9 Å². The van der Waals surface area contributed by atoms with Crippen LogP contribution in [-0.4, -0.2) is 38.2 Å². The van der Waals surface area contributed by atoms with E-state index in [1.165, 1.54) is 17.0 Å². The third kappa shape index (κ3) is 5.99. The molecule has 0 radical (unpaired) electrons. The van der Waals surface area contributed by atoms with E-state index in [-0.39, 0.29) is 12.1 Å². The van der Waals surface area contributed by atoms with Crippen LogP contribution in [0.2, 0.25) is 0 Å². The molecule has 0 aromatic heterocycles. The summed E-state index contributed by atoms with van der Waals surface area (Å²) in [6, 6.07) is 11.7. The molecule has 0 fully saturated rings. The van der Waals surface area contributed by atoms with Crippen molar-refractivity contribution >= 4 is 5.91 Å². The number of methoxy groups -OCH3 is 2. The van der Waals surface area contributed by atoms with Gasteiger partial charge in [-0.05, 0) is 42.3 Å². The molecule has 27 heavy (non-hydrogen) atoms. The van der Waals surface area contributed by atoms with Gasteiger partial charge in [-0.1, -0.05) is 18.2 Å². The highest BCUT2D eigenvalue weighted by atomic mass is 19.4. The van der Waals surface area contributed by atoms with Crippen molar-refractivity contribution in [2.24, 2.45) is 0 Å². The smallest absolute Gasteiger partial charge is 0.416 e. The molecule has 0 heterocycles. The van der Waals surface area contributed by atoms with Crippen molar-refractivity contribution in [1.82, 2.24) is 4.90 Å². The average Bonchev–Trinajstić information content (AvgIpc) is 2.67. The summed E-state index contributed by atoms with van der Waals surface area (Å²) in [6.45, 7) is 1.10. The quantitative estimate of drug-likeness (QED) is 0.637. The molecule has 0 N–H and O–H groups in total. The first kappa shape index (κ1) is 20.8. The second kappa shape index (κ2) is 9.41. The monoisotopic (exact) mass is 381 g/mol. The molecule has 0 saturated carbocycles. The van der Waals surface area contributed by atoms with Crippen LogP contribution in [0.25, 0.3) is 0 Å². The summed E-state index contributed by atoms with van der Waals surface area (Å²) in [5, 5.41) is 0. The molecule has 0 spiro atoms. The van der Waals surface area contributed by atoms with E-state index in [9.17, 15) is 18.0 Å². The van der Waals surface area contributed by atoms with Crippen LogP contribution in [0.3, 0.4) is 0 Å². The van der Waals surface area contributed by atoms with Gasteiger partial charge in [0.25, 0.3) is 5.91 Å². The number of hydrogen-bond acceptors (Lipinski definition) is 3. The highest BCUT2D eigenvalue weighted by Crippen LogP contribution is 2.30. The normalized spacial score (nSPS) is 11.3. The van der Waals surface area contributed by atoms with Crippen molar-refractivity contribution in [3.05, 3.63) is 65.2 Å². The molecule has 7 heteroatoms. The van der Waals surface area contributed by atoms with Crippen LogP contribution in [0, 0.1) is 0 Å². The number of carbonyl (C=O) groups is 1. The lowest BCUT2D eigenvalue weighted by Gasteiger charge is -2.23. The van der Waals surface area contributed by atoms with Gasteiger partial charge in [-0.15, -0.1) is 0 Å². The van der Waals surface area contributed by atoms with E-state index in [4.69, 9.17) is 9.47 Å². The zero-order chi connectivity index (χ0) is 19.9. The molecule has 0 aliphatic heterocycles. The van der Waals surface area contributed by atoms with E-state index in [0.717, 1.165) is 17.7 Å². The minimum absolute atomic E-state index is 0.00996. The maximum Gasteiger partial charge on any atom is 0.416 e. The number of amides is 1. The molecule has 1 amide bonds. The van der Waals surface area contributed by atoms with E-state index in [2.05, 4.69) is 0 Å². The minimum Gasteiger partial charge on any atom is -0.497 e. The summed E-state index contributed by atoms with van der Waals surface area (Å²) in [7, 11) is 3.12. The number of carbonyl (C=O) groups excluding carboxylic acids is 1. The molecule has 2 aromatic carbocycles. The summed E-state index contributed by atoms with van der Waals surface area (Å²) in [6.07, 6.45) is -3.91. The van der Waals surface area contributed by atoms with Gasteiger partial charge in [0.2, 0.25) is 0 Å². The fourth-order valence-corrected chi connectivity index (χ4v) is 2.61. The van der Waals surface area contributed by atoms with Gasteiger partial charge in [-0.3, -0.25) is 4.79 Å². The Morgan fingerprint density at radius 1 is 1.07 bits per heavy atom. The molecule has 4 nitrogen and oxygen atoms in total. The zero-order valence-corrected chi connectivity index (χ0v) is 15.3. The van der Waals surface area contributed by atoms with E-state index < -0.39 is 17.6 Å². The van der Waals surface area contributed by atoms with Gasteiger partial charge < -0.3 is 14.4 Å². The Labute approximate surface area is 156 Å². The second-order valence-corrected chi connectivity index (χ2v) is 6.00. The largest absolute Gasteiger partial charge is 0.497 e. The van der Waals surface area contributed by atoms with Gasteiger partial charge in [0.15, 0.2) is 0 Å². The number of halogens is 3. The van der Waals surface area contributed by atoms with Crippen molar-refractivity contribution < 1.29 is 27.4 Å². The molecule has 0 saturated heterocycles. The number of nitrogens with zero attached hydrogens (tertiary/aromatic N) is 1. The highest BCUT2D eigenvalue weighted by Gasteiger charge is 2.31. The van der Waals surface area contributed by atoms with Crippen LogP contribution >= 0.6 is 0 Å². The first-order valence-electron chi connectivity index (χ1n) is 8.43. The molecule has 0 bridgehead atoms. The Kier molecular flexibility index (Phi) is 7.24. The Morgan fingerprint density at radius 3 is 2.37 bits per heavy atom. The third-order valence-corrected chi connectivity index (χ3v) is 4.03. The van der Waals surface area contributed by atoms with Gasteiger partial charge >= 0.3 is 6.18 Å². The SMILES string of the molecule is COCCCN(Cc1ccc(OC)cc1)C(=O)c1cccc(C(F)(F)F)c1. The van der Waals surface area contributed by atoms with Gasteiger partial charge in [0, 0.05) is 32.4 Å². The second-order valence-electron chi connectivity index (χ2n) is 6.00. The van der Waals surface area contributed by atoms with Crippen LogP contribution in [0.15, 0.2) is 48.5 Å². The van der Waals surface area contributed by atoms with Gasteiger partial charge in [-0.2, -0.15) is 13.2 Å². The number of alkyl halides is 3. The van der Waals surface area contributed by atoms with E-state index in [0.29, 0.717) is 25.3 Å². The summed E-state index contributed by atoms with van der Waals surface area (Å²) < 4.78 is 49.0. The molecular weight excluding hydrogens is 359 g/mol. The number of hydrogen-bond donors (Lipinski definition) is 0. The lowest BCUT2D eigenvalue weighted by Crippen LogP contribution is -2.32. The lowest BCUT2D eigenvalue weighted by molar-refractivity contribution is -0.137. The predicted molar refractivity (Wildman–Crippen MR) is 95.7 cm³/mol. The van der Waals surface area contributed by atoms with Gasteiger partial charge in [-0.25, -0.2) is 0 Å². The predicted octanol–water partition coefficient (Wildman–Crippen LogP) is 4.39. The summed E-state index contributed by atoms with van der Waals surface area (Å²) in [5.41, 5.74) is 0.0268. The molecule has 2 rings (SSSR count). The zero-order valence-electron chi connectivity index (χ0n) is 15.3. The third-order valence-electron chi connectivity index (χ3n) is 4.03. The van der Waals surface area contributed by atoms with Gasteiger partial charge in [0.1, 0.15) is 5.75 Å². The van der Waals surface area contributed by atoms with Crippen molar-refractivity contribution in [3.8, 4) is 5.75 Å². The first-order valence-corrected chi connectivity index (χ1v) is 8.43. The fraction of sp³-hybridized carbons (Fsp3) is 0.350. The minimum atomic E-state index is -4.49. The van der Waals surface area contributed by atoms with Crippen LogP contribution in [0.5, 0.6) is 5.75 Å². The van der Waals surface area contributed by atoms with Crippen molar-refractivity contribution in [3.63, 3.8) is 0 Å². The molecule has 2 aromatic rings. The molecular formula is C20H22F3NO3. The molecule has 0 atom stereocenters. The fourth-order valence-electron chi connectivity index (χ4n) is 2.61. The van der Waals surface area contributed by atoms with E-state index in [1.54, 1.807) is 26.4 Å². The summed E-state index contributed by atoms with van der Waals surface area (Å²) >= 11 is 0. The Morgan fingerprint density at radius 2 is 1.78 bits per heavy atom. The summed E-state index contributed by atoms with van der Waals surface area (Å²) in [5.74, 6) is 0.238. The van der Waals surface area contributed by atoms with Crippen molar-refractivity contribution in [2.45, 2.75) is 19.1 Å². The molecule has 0 unspecified atom stereocenters. The maximum absolute atomic E-state index is 12.9. The highest BCUT2D eigenvalue weighted by molar-refractivity contribution is 5.94. The van der Waals surface area contributed by atoms with E-state index >= 15 is 0 Å². The number of ether oxygens (including phenoxy) is 2. The Bertz CT molecular complexity index is 745. The number of rotatable bonds is 8. The van der Waals surface area contributed by atoms with Crippen molar-refractivity contribution in [1.29, 1.82) is 0 Å². The average molecular weight is 381 g/mol. The Balaban J connectivity index is 2.22.